The summed E-state index contributed by atoms with van der Waals surface area (Å²) in [7, 11) is 0. The number of carbonyl (C=O) groups is 2. The molecule has 1 amide bonds. The van der Waals surface area contributed by atoms with Crippen LogP contribution in [0.25, 0.3) is 0 Å². The topological polar surface area (TPSA) is 97.1 Å². The van der Waals surface area contributed by atoms with Crippen LogP contribution in [-0.4, -0.2) is 37.5 Å². The number of hydrogen-bond donors (Lipinski definition) is 2. The van der Waals surface area contributed by atoms with Gasteiger partial charge < -0.3 is 10.4 Å². The first-order valence-electron chi connectivity index (χ1n) is 6.43. The van der Waals surface area contributed by atoms with Crippen molar-refractivity contribution >= 4 is 11.9 Å². The van der Waals surface area contributed by atoms with Crippen LogP contribution in [0.15, 0.2) is 6.20 Å². The van der Waals surface area contributed by atoms with E-state index in [9.17, 15) is 9.59 Å². The number of nitrogens with one attached hydrogen (secondary N) is 1. The number of carboxylic acids is 1. The Morgan fingerprint density at radius 1 is 1.42 bits per heavy atom. The lowest BCUT2D eigenvalue weighted by molar-refractivity contribution is -0.137. The van der Waals surface area contributed by atoms with Crippen LogP contribution in [0, 0.1) is 0 Å². The summed E-state index contributed by atoms with van der Waals surface area (Å²) in [5.74, 6) is -1.31. The normalized spacial score (nSPS) is 17.9. The first-order valence-corrected chi connectivity index (χ1v) is 6.43. The molecule has 1 aliphatic carbocycles. The summed E-state index contributed by atoms with van der Waals surface area (Å²) in [6.07, 6.45) is 6.71. The van der Waals surface area contributed by atoms with Crippen molar-refractivity contribution < 1.29 is 14.7 Å². The molecule has 0 radical (unpaired) electrons. The van der Waals surface area contributed by atoms with Crippen molar-refractivity contribution in [3.63, 3.8) is 0 Å². The molecular weight excluding hydrogens is 248 g/mol. The van der Waals surface area contributed by atoms with E-state index < -0.39 is 5.97 Å². The molecule has 1 aromatic heterocycles. The molecule has 0 spiro atoms. The van der Waals surface area contributed by atoms with Crippen molar-refractivity contribution in [1.82, 2.24) is 20.3 Å². The molecule has 7 heteroatoms. The van der Waals surface area contributed by atoms with Crippen molar-refractivity contribution in [2.75, 3.05) is 0 Å². The summed E-state index contributed by atoms with van der Waals surface area (Å²) >= 11 is 0. The van der Waals surface area contributed by atoms with Gasteiger partial charge in [0.05, 0.1) is 6.20 Å². The third-order valence-electron chi connectivity index (χ3n) is 3.44. The Hall–Kier alpha value is -1.92. The second-order valence-electron chi connectivity index (χ2n) is 5.27. The highest BCUT2D eigenvalue weighted by molar-refractivity contribution is 5.92. The number of hydrogen-bond acceptors (Lipinski definition) is 4. The van der Waals surface area contributed by atoms with Crippen LogP contribution in [-0.2, 0) is 11.3 Å². The molecule has 2 N–H and O–H groups in total. The molecule has 7 nitrogen and oxygen atoms in total. The summed E-state index contributed by atoms with van der Waals surface area (Å²) in [5.41, 5.74) is -0.0283. The van der Waals surface area contributed by atoms with Crippen LogP contribution in [0.1, 0.15) is 49.5 Å². The van der Waals surface area contributed by atoms with Gasteiger partial charge in [-0.1, -0.05) is 24.5 Å². The maximum Gasteiger partial charge on any atom is 0.325 e. The van der Waals surface area contributed by atoms with Gasteiger partial charge in [-0.05, 0) is 19.8 Å². The minimum Gasteiger partial charge on any atom is -0.480 e. The summed E-state index contributed by atoms with van der Waals surface area (Å²) in [5, 5.41) is 18.9. The average molecular weight is 266 g/mol. The molecule has 104 valence electrons. The number of aromatic nitrogens is 3. The van der Waals surface area contributed by atoms with E-state index in [0.29, 0.717) is 0 Å². The summed E-state index contributed by atoms with van der Waals surface area (Å²) in [6.45, 7) is 1.74. The van der Waals surface area contributed by atoms with E-state index in [-0.39, 0.29) is 23.7 Å². The zero-order chi connectivity index (χ0) is 13.9. The quantitative estimate of drug-likeness (QED) is 0.840. The van der Waals surface area contributed by atoms with E-state index in [4.69, 9.17) is 5.11 Å². The highest BCUT2D eigenvalue weighted by Crippen LogP contribution is 2.27. The molecule has 1 saturated carbocycles. The van der Waals surface area contributed by atoms with E-state index in [1.165, 1.54) is 12.6 Å². The highest BCUT2D eigenvalue weighted by Gasteiger charge is 2.29. The van der Waals surface area contributed by atoms with Crippen LogP contribution in [0.4, 0.5) is 0 Å². The minimum atomic E-state index is -1.02. The SMILES string of the molecule is CC1(NC(=O)c2cn(CC(=O)O)nn2)CCCCC1. The van der Waals surface area contributed by atoms with E-state index in [1.54, 1.807) is 0 Å². The van der Waals surface area contributed by atoms with Gasteiger partial charge in [-0.3, -0.25) is 9.59 Å². The van der Waals surface area contributed by atoms with Gasteiger partial charge >= 0.3 is 5.97 Å². The van der Waals surface area contributed by atoms with Gasteiger partial charge in [0.15, 0.2) is 5.69 Å². The standard InChI is InChI=1S/C12H18N4O3/c1-12(5-3-2-4-6-12)13-11(19)9-7-16(15-14-9)8-10(17)18/h7H,2-6,8H2,1H3,(H,13,19)(H,17,18). The molecule has 2 rings (SSSR count). The minimum absolute atomic E-state index is 0.160. The summed E-state index contributed by atoms with van der Waals surface area (Å²) in [4.78, 5) is 22.6. The maximum atomic E-state index is 12.0. The second-order valence-corrected chi connectivity index (χ2v) is 5.27. The first-order chi connectivity index (χ1) is 8.98. The highest BCUT2D eigenvalue weighted by atomic mass is 16.4. The van der Waals surface area contributed by atoms with Gasteiger partial charge in [-0.2, -0.15) is 0 Å². The van der Waals surface area contributed by atoms with Gasteiger partial charge in [0.25, 0.3) is 5.91 Å². The van der Waals surface area contributed by atoms with Crippen molar-refractivity contribution in [3.05, 3.63) is 11.9 Å². The van der Waals surface area contributed by atoms with Crippen molar-refractivity contribution in [1.29, 1.82) is 0 Å². The zero-order valence-corrected chi connectivity index (χ0v) is 10.9. The predicted octanol–water partition coefficient (Wildman–Crippen LogP) is 0.815. The molecule has 0 saturated heterocycles. The van der Waals surface area contributed by atoms with Crippen molar-refractivity contribution in [3.8, 4) is 0 Å². The van der Waals surface area contributed by atoms with Crippen molar-refractivity contribution in [2.45, 2.75) is 51.1 Å². The van der Waals surface area contributed by atoms with Gasteiger partial charge in [0.1, 0.15) is 6.54 Å². The van der Waals surface area contributed by atoms with Crippen LogP contribution < -0.4 is 5.32 Å². The molecular formula is C12H18N4O3. The molecule has 0 unspecified atom stereocenters. The van der Waals surface area contributed by atoms with Crippen molar-refractivity contribution in [2.24, 2.45) is 0 Å². The molecule has 1 aromatic rings. The Labute approximate surface area is 111 Å². The Morgan fingerprint density at radius 2 is 2.11 bits per heavy atom. The Balaban J connectivity index is 1.99. The number of nitrogens with zero attached hydrogens (tertiary/aromatic N) is 3. The molecule has 0 atom stereocenters. The van der Waals surface area contributed by atoms with E-state index in [1.807, 2.05) is 6.92 Å². The van der Waals surface area contributed by atoms with Crippen LogP contribution in [0.3, 0.4) is 0 Å². The number of amides is 1. The average Bonchev–Trinajstić information content (AvgIpc) is 2.77. The fraction of sp³-hybridized carbons (Fsp3) is 0.667. The molecule has 1 aliphatic rings. The van der Waals surface area contributed by atoms with Gasteiger partial charge in [0.2, 0.25) is 0 Å². The number of carbonyl (C=O) groups excluding carboxylic acids is 1. The summed E-state index contributed by atoms with van der Waals surface area (Å²) in [6, 6.07) is 0. The fourth-order valence-corrected chi connectivity index (χ4v) is 2.41. The van der Waals surface area contributed by atoms with E-state index in [2.05, 4.69) is 15.6 Å². The van der Waals surface area contributed by atoms with Crippen LogP contribution >= 0.6 is 0 Å². The fourth-order valence-electron chi connectivity index (χ4n) is 2.41. The monoisotopic (exact) mass is 266 g/mol. The largest absolute Gasteiger partial charge is 0.480 e. The van der Waals surface area contributed by atoms with Gasteiger partial charge in [-0.15, -0.1) is 5.10 Å². The van der Waals surface area contributed by atoms with Gasteiger partial charge in [0, 0.05) is 5.54 Å². The predicted molar refractivity (Wildman–Crippen MR) is 66.6 cm³/mol. The number of rotatable bonds is 4. The maximum absolute atomic E-state index is 12.0. The molecule has 0 bridgehead atoms. The molecule has 0 aromatic carbocycles. The number of aliphatic carboxylic acids is 1. The second kappa shape index (κ2) is 5.38. The molecule has 1 heterocycles. The van der Waals surface area contributed by atoms with E-state index in [0.717, 1.165) is 30.4 Å². The lowest BCUT2D eigenvalue weighted by atomic mass is 9.83. The lowest BCUT2D eigenvalue weighted by Gasteiger charge is -2.34. The lowest BCUT2D eigenvalue weighted by Crippen LogP contribution is -2.47. The Morgan fingerprint density at radius 3 is 2.74 bits per heavy atom. The molecule has 1 fully saturated rings. The number of carboxylic acid groups (broad SMARTS) is 1. The third-order valence-corrected chi connectivity index (χ3v) is 3.44. The first kappa shape index (κ1) is 13.5. The summed E-state index contributed by atoms with van der Waals surface area (Å²) < 4.78 is 1.14. The van der Waals surface area contributed by atoms with E-state index >= 15 is 0 Å². The molecule has 19 heavy (non-hydrogen) atoms. The Kier molecular flexibility index (Phi) is 3.82. The van der Waals surface area contributed by atoms with Gasteiger partial charge in [-0.25, -0.2) is 4.68 Å². The van der Waals surface area contributed by atoms with Crippen LogP contribution in [0.2, 0.25) is 0 Å². The smallest absolute Gasteiger partial charge is 0.325 e. The molecule has 0 aliphatic heterocycles. The Bertz CT molecular complexity index is 477. The third kappa shape index (κ3) is 3.52. The van der Waals surface area contributed by atoms with Crippen LogP contribution in [0.5, 0.6) is 0 Å². The zero-order valence-electron chi connectivity index (χ0n) is 10.9.